The molecule has 2 aromatic carbocycles. The van der Waals surface area contributed by atoms with Crippen molar-refractivity contribution in [3.05, 3.63) is 52.7 Å². The predicted molar refractivity (Wildman–Crippen MR) is 155 cm³/mol. The van der Waals surface area contributed by atoms with Crippen molar-refractivity contribution in [1.29, 1.82) is 0 Å². The van der Waals surface area contributed by atoms with Gasteiger partial charge in [-0.05, 0) is 37.1 Å². The first-order chi connectivity index (χ1) is 20.5. The molecule has 1 aliphatic carbocycles. The molecule has 4 heterocycles. The molecule has 1 saturated heterocycles. The molecule has 1 saturated carbocycles. The molecule has 2 aromatic heterocycles. The van der Waals surface area contributed by atoms with E-state index in [9.17, 15) is 14.0 Å². The Kier molecular flexibility index (Phi) is 6.20. The van der Waals surface area contributed by atoms with Crippen LogP contribution in [0.4, 0.5) is 28.5 Å². The highest BCUT2D eigenvalue weighted by atomic mass is 32.1. The number of fused-ring (bicyclic) bond motifs is 1. The van der Waals surface area contributed by atoms with E-state index in [0.29, 0.717) is 0 Å². The fraction of sp³-hybridized carbons (Fsp3) is 0.379. The molecule has 9 nitrogen and oxygen atoms in total. The van der Waals surface area contributed by atoms with Crippen LogP contribution in [0, 0.1) is 11.2 Å². The minimum Gasteiger partial charge on any atom is -0.490 e. The summed E-state index contributed by atoms with van der Waals surface area (Å²) >= 11 is 0.843. The quantitative estimate of drug-likeness (QED) is 0.261. The number of hydrogen-bond donors (Lipinski definition) is 1. The highest BCUT2D eigenvalue weighted by Crippen LogP contribution is 2.53. The van der Waals surface area contributed by atoms with Crippen LogP contribution in [-0.4, -0.2) is 58.1 Å². The van der Waals surface area contributed by atoms with Crippen LogP contribution in [-0.2, 0) is 17.5 Å². The minimum absolute atomic E-state index is 0.00653. The SMILES string of the molecule is C=CC(=O)N1CCN(c2nc(=O)n3c4c(c(-c5ccc(F)c6sc(N)nc56)c(C(F)(F)F)cc24)OCC2(CCC2)C3)CC1. The summed E-state index contributed by atoms with van der Waals surface area (Å²) in [5, 5.41) is 0.120. The van der Waals surface area contributed by atoms with Crippen molar-refractivity contribution in [2.45, 2.75) is 32.0 Å². The van der Waals surface area contributed by atoms with Crippen molar-refractivity contribution in [1.82, 2.24) is 19.4 Å². The van der Waals surface area contributed by atoms with Crippen molar-refractivity contribution >= 4 is 49.3 Å². The molecule has 43 heavy (non-hydrogen) atoms. The third-order valence-corrected chi connectivity index (χ3v) is 9.67. The molecule has 7 rings (SSSR count). The lowest BCUT2D eigenvalue weighted by Crippen LogP contribution is -2.49. The smallest absolute Gasteiger partial charge is 0.417 e. The zero-order valence-electron chi connectivity index (χ0n) is 22.8. The third-order valence-electron chi connectivity index (χ3n) is 8.78. The van der Waals surface area contributed by atoms with Gasteiger partial charge >= 0.3 is 11.9 Å². The highest BCUT2D eigenvalue weighted by molar-refractivity contribution is 7.22. The van der Waals surface area contributed by atoms with Crippen LogP contribution in [0.2, 0.25) is 0 Å². The first-order valence-electron chi connectivity index (χ1n) is 13.8. The van der Waals surface area contributed by atoms with E-state index >= 15 is 13.2 Å². The molecule has 2 N–H and O–H groups in total. The fourth-order valence-electron chi connectivity index (χ4n) is 6.46. The Bertz CT molecular complexity index is 1890. The average Bonchev–Trinajstić information content (AvgIpc) is 3.25. The Morgan fingerprint density at radius 1 is 1.16 bits per heavy atom. The van der Waals surface area contributed by atoms with E-state index in [2.05, 4.69) is 16.5 Å². The summed E-state index contributed by atoms with van der Waals surface area (Å²) in [7, 11) is 0. The molecule has 3 aliphatic rings. The first-order valence-corrected chi connectivity index (χ1v) is 14.6. The van der Waals surface area contributed by atoms with Gasteiger partial charge in [-0.2, -0.15) is 18.2 Å². The number of aromatic nitrogens is 3. The van der Waals surface area contributed by atoms with Crippen LogP contribution in [0.25, 0.3) is 32.2 Å². The summed E-state index contributed by atoms with van der Waals surface area (Å²) in [5.41, 5.74) is 3.70. The summed E-state index contributed by atoms with van der Waals surface area (Å²) in [4.78, 5) is 37.6. The van der Waals surface area contributed by atoms with Gasteiger partial charge in [0.05, 0.1) is 27.9 Å². The number of thiazole rings is 1. The number of nitrogens with zero attached hydrogens (tertiary/aromatic N) is 5. The molecule has 14 heteroatoms. The number of hydrogen-bond acceptors (Lipinski definition) is 8. The lowest BCUT2D eigenvalue weighted by Gasteiger charge is -2.40. The number of amides is 1. The van der Waals surface area contributed by atoms with Crippen molar-refractivity contribution in [2.24, 2.45) is 5.41 Å². The number of rotatable bonds is 3. The Morgan fingerprint density at radius 3 is 2.56 bits per heavy atom. The Balaban J connectivity index is 1.53. The predicted octanol–water partition coefficient (Wildman–Crippen LogP) is 4.81. The molecule has 0 bridgehead atoms. The lowest BCUT2D eigenvalue weighted by atomic mass is 9.69. The third kappa shape index (κ3) is 4.33. The Labute approximate surface area is 246 Å². The van der Waals surface area contributed by atoms with E-state index in [0.717, 1.165) is 42.7 Å². The molecule has 1 spiro atoms. The number of ether oxygens (including phenoxy) is 1. The maximum atomic E-state index is 15.0. The largest absolute Gasteiger partial charge is 0.490 e. The Morgan fingerprint density at radius 2 is 1.91 bits per heavy atom. The maximum absolute atomic E-state index is 15.0. The zero-order valence-corrected chi connectivity index (χ0v) is 23.7. The molecule has 0 radical (unpaired) electrons. The molecule has 224 valence electrons. The number of carbonyl (C=O) groups is 1. The number of piperazine rings is 1. The van der Waals surface area contributed by atoms with Crippen LogP contribution in [0.3, 0.4) is 0 Å². The van der Waals surface area contributed by atoms with Crippen LogP contribution in [0.15, 0.2) is 35.6 Å². The first kappa shape index (κ1) is 27.6. The van der Waals surface area contributed by atoms with Gasteiger partial charge in [-0.25, -0.2) is 14.2 Å². The summed E-state index contributed by atoms with van der Waals surface area (Å²) in [6.45, 7) is 4.95. The molecule has 2 aliphatic heterocycles. The number of alkyl halides is 3. The van der Waals surface area contributed by atoms with Crippen LogP contribution in [0.5, 0.6) is 5.75 Å². The number of carbonyl (C=O) groups excluding carboxylic acids is 1. The van der Waals surface area contributed by atoms with E-state index < -0.39 is 28.7 Å². The standard InChI is InChI=1S/C29H26F4N6O3S/c1-2-19(40)37-8-10-38(11-9-37)25-16-12-17(29(31,32)33)20(15-4-5-18(30)24-21(15)35-26(34)43-24)23-22(16)39(27(41)36-25)13-28(14-42-23)6-3-7-28/h2,4-5,12H,1,3,6-11,13-14H2,(H2,34,35). The molecule has 4 aromatic rings. The van der Waals surface area contributed by atoms with Crippen molar-refractivity contribution in [3.63, 3.8) is 0 Å². The molecule has 0 atom stereocenters. The highest BCUT2D eigenvalue weighted by Gasteiger charge is 2.44. The van der Waals surface area contributed by atoms with E-state index in [1.165, 1.54) is 16.7 Å². The molecule has 0 unspecified atom stereocenters. The average molecular weight is 615 g/mol. The van der Waals surface area contributed by atoms with Crippen molar-refractivity contribution in [3.8, 4) is 16.9 Å². The van der Waals surface area contributed by atoms with Crippen molar-refractivity contribution in [2.75, 3.05) is 43.4 Å². The monoisotopic (exact) mass is 614 g/mol. The number of nitrogen functional groups attached to an aromatic ring is 1. The van der Waals surface area contributed by atoms with Gasteiger partial charge in [0.2, 0.25) is 5.91 Å². The summed E-state index contributed by atoms with van der Waals surface area (Å²) in [5.74, 6) is -0.928. The van der Waals surface area contributed by atoms with Gasteiger partial charge in [-0.1, -0.05) is 24.3 Å². The Hall–Kier alpha value is -4.20. The fourth-order valence-corrected chi connectivity index (χ4v) is 7.22. The van der Waals surface area contributed by atoms with E-state index in [1.54, 1.807) is 9.80 Å². The molecular weight excluding hydrogens is 588 g/mol. The second-order valence-electron chi connectivity index (χ2n) is 11.3. The van der Waals surface area contributed by atoms with Crippen LogP contribution >= 0.6 is 11.3 Å². The van der Waals surface area contributed by atoms with E-state index in [-0.39, 0.29) is 94.2 Å². The van der Waals surface area contributed by atoms with Crippen LogP contribution < -0.4 is 21.1 Å². The van der Waals surface area contributed by atoms with Gasteiger partial charge in [0.15, 0.2) is 10.9 Å². The van der Waals surface area contributed by atoms with Gasteiger partial charge in [-0.3, -0.25) is 9.36 Å². The number of anilines is 2. The topological polar surface area (TPSA) is 107 Å². The summed E-state index contributed by atoms with van der Waals surface area (Å²) in [6, 6.07) is 3.34. The van der Waals surface area contributed by atoms with Gasteiger partial charge in [0.1, 0.15) is 11.6 Å². The van der Waals surface area contributed by atoms with Gasteiger partial charge in [0.25, 0.3) is 0 Å². The minimum atomic E-state index is -4.86. The second kappa shape index (κ2) is 9.66. The molecule has 1 amide bonds. The lowest BCUT2D eigenvalue weighted by molar-refractivity contribution is -0.137. The van der Waals surface area contributed by atoms with Gasteiger partial charge in [-0.15, -0.1) is 0 Å². The summed E-state index contributed by atoms with van der Waals surface area (Å²) in [6.07, 6.45) is -1.24. The second-order valence-corrected chi connectivity index (χ2v) is 12.3. The van der Waals surface area contributed by atoms with Gasteiger partial charge in [0, 0.05) is 54.7 Å². The van der Waals surface area contributed by atoms with Gasteiger partial charge < -0.3 is 20.3 Å². The molecule has 2 fully saturated rings. The number of halogens is 4. The van der Waals surface area contributed by atoms with Crippen LogP contribution in [0.1, 0.15) is 24.8 Å². The number of benzene rings is 2. The normalized spacial score (nSPS) is 18.0. The van der Waals surface area contributed by atoms with E-state index in [4.69, 9.17) is 10.5 Å². The maximum Gasteiger partial charge on any atom is 0.417 e. The zero-order chi connectivity index (χ0) is 30.3. The van der Waals surface area contributed by atoms with Crippen molar-refractivity contribution < 1.29 is 27.1 Å². The number of nitrogens with two attached hydrogens (primary N) is 1. The summed E-state index contributed by atoms with van der Waals surface area (Å²) < 4.78 is 67.6. The van der Waals surface area contributed by atoms with E-state index in [1.807, 2.05) is 0 Å². The molecular formula is C29H26F4N6O3S.